The summed E-state index contributed by atoms with van der Waals surface area (Å²) in [7, 11) is 0. The minimum atomic E-state index is -0.162. The molecule has 1 heterocycles. The molecule has 0 aliphatic heterocycles. The van der Waals surface area contributed by atoms with Gasteiger partial charge in [0.2, 0.25) is 0 Å². The van der Waals surface area contributed by atoms with Crippen molar-refractivity contribution >= 4 is 16.9 Å². The lowest BCUT2D eigenvalue weighted by molar-refractivity contribution is 0.0923. The van der Waals surface area contributed by atoms with Gasteiger partial charge < -0.3 is 10.3 Å². The van der Waals surface area contributed by atoms with Gasteiger partial charge in [-0.3, -0.25) is 4.79 Å². The molecule has 4 heteroatoms. The van der Waals surface area contributed by atoms with Gasteiger partial charge in [-0.1, -0.05) is 52.0 Å². The van der Waals surface area contributed by atoms with E-state index in [4.69, 9.17) is 0 Å². The Bertz CT molecular complexity index is 829. The second-order valence-corrected chi connectivity index (χ2v) is 7.11. The van der Waals surface area contributed by atoms with Crippen molar-refractivity contribution in [2.75, 3.05) is 0 Å². The third-order valence-electron chi connectivity index (χ3n) is 4.50. The molecule has 1 unspecified atom stereocenters. The van der Waals surface area contributed by atoms with Crippen LogP contribution in [0.3, 0.4) is 0 Å². The average molecular weight is 335 g/mol. The molecule has 25 heavy (non-hydrogen) atoms. The topological polar surface area (TPSA) is 57.8 Å². The van der Waals surface area contributed by atoms with Crippen LogP contribution in [-0.2, 0) is 0 Å². The maximum Gasteiger partial charge on any atom is 0.251 e. The van der Waals surface area contributed by atoms with Gasteiger partial charge in [0.1, 0.15) is 5.82 Å². The quantitative estimate of drug-likeness (QED) is 0.703. The number of hydrogen-bond donors (Lipinski definition) is 2. The summed E-state index contributed by atoms with van der Waals surface area (Å²) in [6, 6.07) is 15.6. The molecule has 1 amide bonds. The van der Waals surface area contributed by atoms with E-state index < -0.39 is 0 Å². The summed E-state index contributed by atoms with van der Waals surface area (Å²) in [4.78, 5) is 20.7. The predicted molar refractivity (Wildman–Crippen MR) is 102 cm³/mol. The Morgan fingerprint density at radius 2 is 1.68 bits per heavy atom. The maximum atomic E-state index is 12.7. The van der Waals surface area contributed by atoms with E-state index >= 15 is 0 Å². The summed E-state index contributed by atoms with van der Waals surface area (Å²) in [5, 5.41) is 3.13. The van der Waals surface area contributed by atoms with Gasteiger partial charge >= 0.3 is 0 Å². The number of rotatable bonds is 5. The van der Waals surface area contributed by atoms with Gasteiger partial charge in [0.25, 0.3) is 5.91 Å². The van der Waals surface area contributed by atoms with Gasteiger partial charge in [0.15, 0.2) is 0 Å². The SMILES string of the molecule is CC(C)c1ccc(C(=O)NC(c2nc3ccccc3[nH]2)C(C)C)cc1. The smallest absolute Gasteiger partial charge is 0.251 e. The molecule has 2 aromatic carbocycles. The van der Waals surface area contributed by atoms with Gasteiger partial charge in [0, 0.05) is 5.56 Å². The van der Waals surface area contributed by atoms with Gasteiger partial charge in [0.05, 0.1) is 17.1 Å². The fourth-order valence-electron chi connectivity index (χ4n) is 2.91. The summed E-state index contributed by atoms with van der Waals surface area (Å²) < 4.78 is 0. The number of H-pyrrole nitrogens is 1. The zero-order valence-electron chi connectivity index (χ0n) is 15.2. The van der Waals surface area contributed by atoms with Crippen LogP contribution in [0, 0.1) is 5.92 Å². The van der Waals surface area contributed by atoms with E-state index in [9.17, 15) is 4.79 Å². The Hall–Kier alpha value is -2.62. The average Bonchev–Trinajstić information content (AvgIpc) is 3.02. The van der Waals surface area contributed by atoms with Gasteiger partial charge in [-0.15, -0.1) is 0 Å². The number of fused-ring (bicyclic) bond motifs is 1. The Morgan fingerprint density at radius 3 is 2.28 bits per heavy atom. The number of amides is 1. The largest absolute Gasteiger partial charge is 0.342 e. The van der Waals surface area contributed by atoms with Crippen molar-refractivity contribution in [2.24, 2.45) is 5.92 Å². The van der Waals surface area contributed by atoms with Crippen LogP contribution in [0.15, 0.2) is 48.5 Å². The lowest BCUT2D eigenvalue weighted by atomic mass is 10.0. The summed E-state index contributed by atoms with van der Waals surface area (Å²) in [5.41, 5.74) is 3.80. The number of hydrogen-bond acceptors (Lipinski definition) is 2. The minimum absolute atomic E-state index is 0.0746. The number of aromatic nitrogens is 2. The zero-order chi connectivity index (χ0) is 18.0. The van der Waals surface area contributed by atoms with Crippen LogP contribution in [0.4, 0.5) is 0 Å². The highest BCUT2D eigenvalue weighted by Crippen LogP contribution is 2.23. The van der Waals surface area contributed by atoms with Crippen LogP contribution in [0.1, 0.15) is 61.4 Å². The van der Waals surface area contributed by atoms with Crippen LogP contribution < -0.4 is 5.32 Å². The molecule has 3 aromatic rings. The van der Waals surface area contributed by atoms with Crippen LogP contribution in [0.25, 0.3) is 11.0 Å². The molecular weight excluding hydrogens is 310 g/mol. The van der Waals surface area contributed by atoms with Crippen LogP contribution in [0.2, 0.25) is 0 Å². The molecule has 0 saturated carbocycles. The van der Waals surface area contributed by atoms with E-state index in [1.807, 2.05) is 48.5 Å². The lowest BCUT2D eigenvalue weighted by Gasteiger charge is -2.20. The van der Waals surface area contributed by atoms with Crippen molar-refractivity contribution in [3.05, 3.63) is 65.5 Å². The first-order valence-electron chi connectivity index (χ1n) is 8.81. The molecule has 0 aliphatic rings. The van der Waals surface area contributed by atoms with Crippen molar-refractivity contribution in [1.29, 1.82) is 0 Å². The Morgan fingerprint density at radius 1 is 1.00 bits per heavy atom. The van der Waals surface area contributed by atoms with Crippen molar-refractivity contribution in [2.45, 2.75) is 39.7 Å². The first-order chi connectivity index (χ1) is 12.0. The molecular formula is C21H25N3O. The number of nitrogens with zero attached hydrogens (tertiary/aromatic N) is 1. The summed E-state index contributed by atoms with van der Waals surface area (Å²) in [5.74, 6) is 1.40. The summed E-state index contributed by atoms with van der Waals surface area (Å²) in [6.07, 6.45) is 0. The molecule has 1 atom stereocenters. The number of para-hydroxylation sites is 2. The van der Waals surface area contributed by atoms with E-state index in [-0.39, 0.29) is 17.9 Å². The van der Waals surface area contributed by atoms with Crippen LogP contribution >= 0.6 is 0 Å². The normalized spacial score (nSPS) is 12.7. The third-order valence-corrected chi connectivity index (χ3v) is 4.50. The van der Waals surface area contributed by atoms with Gasteiger partial charge in [-0.05, 0) is 41.7 Å². The standard InChI is InChI=1S/C21H25N3O/c1-13(2)15-9-11-16(12-10-15)21(25)24-19(14(3)4)20-22-17-7-5-6-8-18(17)23-20/h5-14,19H,1-4H3,(H,22,23)(H,24,25). The Labute approximate surface area is 148 Å². The Balaban J connectivity index is 1.82. The summed E-state index contributed by atoms with van der Waals surface area (Å²) in [6.45, 7) is 8.46. The maximum absolute atomic E-state index is 12.7. The number of imidazole rings is 1. The van der Waals surface area contributed by atoms with Crippen LogP contribution in [0.5, 0.6) is 0 Å². The van der Waals surface area contributed by atoms with E-state index in [0.717, 1.165) is 16.9 Å². The van der Waals surface area contributed by atoms with E-state index in [1.165, 1.54) is 5.56 Å². The minimum Gasteiger partial charge on any atom is -0.342 e. The highest BCUT2D eigenvalue weighted by Gasteiger charge is 2.22. The molecule has 0 fully saturated rings. The fraction of sp³-hybridized carbons (Fsp3) is 0.333. The van der Waals surface area contributed by atoms with Crippen molar-refractivity contribution < 1.29 is 4.79 Å². The molecule has 4 nitrogen and oxygen atoms in total. The monoisotopic (exact) mass is 335 g/mol. The number of nitrogens with one attached hydrogen (secondary N) is 2. The first-order valence-corrected chi connectivity index (χ1v) is 8.81. The first kappa shape index (κ1) is 17.2. The second-order valence-electron chi connectivity index (χ2n) is 7.11. The van der Waals surface area contributed by atoms with E-state index in [1.54, 1.807) is 0 Å². The van der Waals surface area contributed by atoms with Crippen molar-refractivity contribution in [1.82, 2.24) is 15.3 Å². The van der Waals surface area contributed by atoms with Crippen molar-refractivity contribution in [3.63, 3.8) is 0 Å². The number of carbonyl (C=O) groups excluding carboxylic acids is 1. The number of benzene rings is 2. The molecule has 0 spiro atoms. The molecule has 1 aromatic heterocycles. The highest BCUT2D eigenvalue weighted by atomic mass is 16.1. The third kappa shape index (κ3) is 3.73. The lowest BCUT2D eigenvalue weighted by Crippen LogP contribution is -2.32. The zero-order valence-corrected chi connectivity index (χ0v) is 15.2. The highest BCUT2D eigenvalue weighted by molar-refractivity contribution is 5.94. The van der Waals surface area contributed by atoms with Crippen LogP contribution in [-0.4, -0.2) is 15.9 Å². The molecule has 0 radical (unpaired) electrons. The predicted octanol–water partition coefficient (Wildman–Crippen LogP) is 4.81. The molecule has 0 saturated heterocycles. The van der Waals surface area contributed by atoms with E-state index in [0.29, 0.717) is 11.5 Å². The molecule has 2 N–H and O–H groups in total. The van der Waals surface area contributed by atoms with Gasteiger partial charge in [-0.25, -0.2) is 4.98 Å². The molecule has 0 bridgehead atoms. The summed E-state index contributed by atoms with van der Waals surface area (Å²) >= 11 is 0. The Kier molecular flexibility index (Phi) is 4.88. The second kappa shape index (κ2) is 7.09. The molecule has 130 valence electrons. The molecule has 0 aliphatic carbocycles. The number of aromatic amines is 1. The number of carbonyl (C=O) groups is 1. The van der Waals surface area contributed by atoms with Gasteiger partial charge in [-0.2, -0.15) is 0 Å². The molecule has 3 rings (SSSR count). The van der Waals surface area contributed by atoms with E-state index in [2.05, 4.69) is 43.0 Å². The van der Waals surface area contributed by atoms with Crippen molar-refractivity contribution in [3.8, 4) is 0 Å². The fourth-order valence-corrected chi connectivity index (χ4v) is 2.91.